The molecule has 0 spiro atoms. The molecule has 0 radical (unpaired) electrons. The van der Waals surface area contributed by atoms with Gasteiger partial charge in [-0.25, -0.2) is 4.39 Å². The van der Waals surface area contributed by atoms with E-state index in [1.54, 1.807) is 13.0 Å². The van der Waals surface area contributed by atoms with Gasteiger partial charge in [0.1, 0.15) is 5.82 Å². The first-order valence-electron chi connectivity index (χ1n) is 7.29. The molecule has 1 heterocycles. The van der Waals surface area contributed by atoms with E-state index in [-0.39, 0.29) is 11.9 Å². The van der Waals surface area contributed by atoms with Gasteiger partial charge in [-0.3, -0.25) is 4.31 Å². The summed E-state index contributed by atoms with van der Waals surface area (Å²) in [6, 6.07) is 4.21. The number of hydrogen-bond donors (Lipinski definition) is 0. The van der Waals surface area contributed by atoms with Crippen LogP contribution in [0.1, 0.15) is 32.8 Å². The summed E-state index contributed by atoms with van der Waals surface area (Å²) in [4.78, 5) is 0. The maximum Gasteiger partial charge on any atom is 0.304 e. The fourth-order valence-electron chi connectivity index (χ4n) is 2.69. The molecule has 1 aromatic rings. The molecule has 0 N–H and O–H groups in total. The fourth-order valence-corrected chi connectivity index (χ4v) is 4.63. The summed E-state index contributed by atoms with van der Waals surface area (Å²) in [7, 11) is -3.57. The van der Waals surface area contributed by atoms with Crippen LogP contribution >= 0.6 is 0 Å². The van der Waals surface area contributed by atoms with Crippen molar-refractivity contribution in [2.45, 2.75) is 40.2 Å². The molecular weight excluding hydrogens is 291 g/mol. The first-order chi connectivity index (χ1) is 9.73. The summed E-state index contributed by atoms with van der Waals surface area (Å²) in [5.41, 5.74) is 0.964. The minimum absolute atomic E-state index is 0.226. The second kappa shape index (κ2) is 5.93. The van der Waals surface area contributed by atoms with E-state index in [0.29, 0.717) is 30.3 Å². The zero-order valence-electron chi connectivity index (χ0n) is 13.0. The summed E-state index contributed by atoms with van der Waals surface area (Å²) in [5, 5.41) is 0. The number of benzene rings is 1. The summed E-state index contributed by atoms with van der Waals surface area (Å²) < 4.78 is 42.1. The van der Waals surface area contributed by atoms with Gasteiger partial charge in [-0.05, 0) is 56.9 Å². The van der Waals surface area contributed by atoms with Gasteiger partial charge in [-0.2, -0.15) is 12.7 Å². The highest BCUT2D eigenvalue weighted by Crippen LogP contribution is 2.28. The quantitative estimate of drug-likeness (QED) is 0.857. The van der Waals surface area contributed by atoms with Gasteiger partial charge in [0.15, 0.2) is 0 Å². The van der Waals surface area contributed by atoms with Crippen molar-refractivity contribution in [3.05, 3.63) is 29.6 Å². The minimum atomic E-state index is -3.57. The molecule has 0 amide bonds. The van der Waals surface area contributed by atoms with Crippen LogP contribution in [0.4, 0.5) is 10.1 Å². The highest BCUT2D eigenvalue weighted by atomic mass is 32.2. The Morgan fingerprint density at radius 1 is 1.38 bits per heavy atom. The lowest BCUT2D eigenvalue weighted by molar-refractivity contribution is 0.457. The number of rotatable bonds is 4. The molecule has 1 unspecified atom stereocenters. The lowest BCUT2D eigenvalue weighted by Gasteiger charge is -2.32. The Balaban J connectivity index is 2.41. The molecule has 0 aliphatic carbocycles. The molecule has 1 atom stereocenters. The van der Waals surface area contributed by atoms with E-state index in [9.17, 15) is 12.8 Å². The predicted octanol–water partition coefficient (Wildman–Crippen LogP) is 2.94. The van der Waals surface area contributed by atoms with E-state index in [4.69, 9.17) is 0 Å². The van der Waals surface area contributed by atoms with Gasteiger partial charge in [0.05, 0.1) is 5.69 Å². The smallest absolute Gasteiger partial charge is 0.255 e. The number of aryl methyl sites for hydroxylation is 1. The lowest BCUT2D eigenvalue weighted by atomic mass is 10.2. The largest absolute Gasteiger partial charge is 0.304 e. The van der Waals surface area contributed by atoms with Crippen molar-refractivity contribution in [2.24, 2.45) is 5.92 Å². The van der Waals surface area contributed by atoms with Crippen LogP contribution in [0, 0.1) is 18.7 Å². The number of hydrogen-bond acceptors (Lipinski definition) is 2. The highest BCUT2D eigenvalue weighted by Gasteiger charge is 2.35. The first-order valence-corrected chi connectivity index (χ1v) is 8.69. The predicted molar refractivity (Wildman–Crippen MR) is 83.0 cm³/mol. The van der Waals surface area contributed by atoms with E-state index in [2.05, 4.69) is 6.92 Å². The lowest BCUT2D eigenvalue weighted by Crippen LogP contribution is -2.46. The molecule has 0 bridgehead atoms. The maximum atomic E-state index is 13.4. The van der Waals surface area contributed by atoms with Crippen LogP contribution in [-0.4, -0.2) is 31.9 Å². The monoisotopic (exact) mass is 314 g/mol. The fraction of sp³-hybridized carbons (Fsp3) is 0.600. The Bertz CT molecular complexity index is 616. The summed E-state index contributed by atoms with van der Waals surface area (Å²) >= 11 is 0. The van der Waals surface area contributed by atoms with Gasteiger partial charge in [-0.15, -0.1) is 0 Å². The molecule has 4 nitrogen and oxygen atoms in total. The summed E-state index contributed by atoms with van der Waals surface area (Å²) in [6.07, 6.45) is 0.883. The Morgan fingerprint density at radius 3 is 2.52 bits per heavy atom. The minimum Gasteiger partial charge on any atom is -0.255 e. The van der Waals surface area contributed by atoms with Crippen molar-refractivity contribution >= 4 is 15.9 Å². The molecule has 0 aromatic heterocycles. The third-order valence-corrected chi connectivity index (χ3v) is 5.94. The van der Waals surface area contributed by atoms with E-state index >= 15 is 0 Å². The van der Waals surface area contributed by atoms with Gasteiger partial charge in [0.2, 0.25) is 0 Å². The number of anilines is 1. The molecule has 118 valence electrons. The van der Waals surface area contributed by atoms with Crippen LogP contribution in [0.25, 0.3) is 0 Å². The summed E-state index contributed by atoms with van der Waals surface area (Å²) in [6.45, 7) is 8.45. The molecule has 0 saturated carbocycles. The van der Waals surface area contributed by atoms with Gasteiger partial charge < -0.3 is 0 Å². The molecule has 1 fully saturated rings. The topological polar surface area (TPSA) is 40.6 Å². The van der Waals surface area contributed by atoms with E-state index in [1.807, 2.05) is 13.8 Å². The Morgan fingerprint density at radius 2 is 2.05 bits per heavy atom. The molecule has 6 heteroatoms. The Hall–Kier alpha value is -1.14. The van der Waals surface area contributed by atoms with Gasteiger partial charge in [0.25, 0.3) is 0 Å². The average molecular weight is 314 g/mol. The number of nitrogens with zero attached hydrogens (tertiary/aromatic N) is 2. The van der Waals surface area contributed by atoms with Crippen molar-refractivity contribution in [2.75, 3.05) is 17.4 Å². The molecule has 2 rings (SSSR count). The van der Waals surface area contributed by atoms with Crippen LogP contribution < -0.4 is 4.31 Å². The van der Waals surface area contributed by atoms with E-state index < -0.39 is 10.2 Å². The molecule has 1 aromatic carbocycles. The Labute approximate surface area is 126 Å². The van der Waals surface area contributed by atoms with Crippen molar-refractivity contribution in [1.29, 1.82) is 0 Å². The molecule has 1 aliphatic heterocycles. The normalized spacial score (nSPS) is 20.2. The zero-order chi connectivity index (χ0) is 15.8. The Kier molecular flexibility index (Phi) is 4.58. The van der Waals surface area contributed by atoms with E-state index in [0.717, 1.165) is 6.42 Å². The standard InChI is InChI=1S/C15H23FN2O2S/c1-11(2)18(14-5-6-15(16)13(4)9-14)21(19,20)17-8-7-12(3)10-17/h5-6,9,11-12H,7-8,10H2,1-4H3. The van der Waals surface area contributed by atoms with E-state index in [1.165, 1.54) is 20.7 Å². The van der Waals surface area contributed by atoms with Gasteiger partial charge >= 0.3 is 10.2 Å². The third kappa shape index (κ3) is 3.21. The third-order valence-electron chi connectivity index (χ3n) is 3.83. The number of halogens is 1. The van der Waals surface area contributed by atoms with Crippen LogP contribution in [0.3, 0.4) is 0 Å². The van der Waals surface area contributed by atoms with Crippen LogP contribution in [-0.2, 0) is 10.2 Å². The SMILES string of the molecule is Cc1cc(N(C(C)C)S(=O)(=O)N2CCC(C)C2)ccc1F. The summed E-state index contributed by atoms with van der Waals surface area (Å²) in [5.74, 6) is 0.0541. The van der Waals surface area contributed by atoms with Gasteiger partial charge in [0, 0.05) is 19.1 Å². The highest BCUT2D eigenvalue weighted by molar-refractivity contribution is 7.90. The van der Waals surface area contributed by atoms with Crippen molar-refractivity contribution in [3.8, 4) is 0 Å². The van der Waals surface area contributed by atoms with Crippen molar-refractivity contribution in [3.63, 3.8) is 0 Å². The maximum absolute atomic E-state index is 13.4. The van der Waals surface area contributed by atoms with Crippen molar-refractivity contribution < 1.29 is 12.8 Å². The molecular formula is C15H23FN2O2S. The molecule has 21 heavy (non-hydrogen) atoms. The van der Waals surface area contributed by atoms with Crippen LogP contribution in [0.2, 0.25) is 0 Å². The molecule has 1 aliphatic rings. The van der Waals surface area contributed by atoms with Gasteiger partial charge in [-0.1, -0.05) is 6.92 Å². The van der Waals surface area contributed by atoms with Crippen LogP contribution in [0.15, 0.2) is 18.2 Å². The van der Waals surface area contributed by atoms with Crippen LogP contribution in [0.5, 0.6) is 0 Å². The zero-order valence-corrected chi connectivity index (χ0v) is 13.8. The molecule has 1 saturated heterocycles. The average Bonchev–Trinajstić information content (AvgIpc) is 2.80. The second-order valence-electron chi connectivity index (χ2n) is 6.08. The van der Waals surface area contributed by atoms with Crippen molar-refractivity contribution in [1.82, 2.24) is 4.31 Å². The second-order valence-corrected chi connectivity index (χ2v) is 7.89. The first kappa shape index (κ1) is 16.2.